The van der Waals surface area contributed by atoms with Crippen LogP contribution in [-0.4, -0.2) is 36.6 Å². The Bertz CT molecular complexity index is 819. The van der Waals surface area contributed by atoms with Gasteiger partial charge in [0.05, 0.1) is 46.9 Å². The molecule has 24 heavy (non-hydrogen) atoms. The van der Waals surface area contributed by atoms with Crippen molar-refractivity contribution in [2.75, 3.05) is 12.0 Å². The van der Waals surface area contributed by atoms with Crippen LogP contribution in [0.25, 0.3) is 0 Å². The van der Waals surface area contributed by atoms with Crippen molar-refractivity contribution in [3.63, 3.8) is 0 Å². The second-order valence-electron chi connectivity index (χ2n) is 6.30. The predicted octanol–water partition coefficient (Wildman–Crippen LogP) is 1.96. The molecule has 2 fully saturated rings. The molecule has 1 aromatic carbocycles. The summed E-state index contributed by atoms with van der Waals surface area (Å²) in [6.45, 7) is 1.81. The van der Waals surface area contributed by atoms with Crippen LogP contribution >= 0.6 is 11.6 Å². The molecule has 2 saturated heterocycles. The molecule has 0 aromatic heterocycles. The van der Waals surface area contributed by atoms with Gasteiger partial charge in [0.2, 0.25) is 11.8 Å². The zero-order valence-electron chi connectivity index (χ0n) is 13.0. The number of anilines is 1. The van der Waals surface area contributed by atoms with Gasteiger partial charge < -0.3 is 9.47 Å². The maximum Gasteiger partial charge on any atom is 0.339 e. The molecule has 0 spiro atoms. The number of amides is 2. The van der Waals surface area contributed by atoms with Crippen LogP contribution in [0.1, 0.15) is 17.3 Å². The Labute approximate surface area is 143 Å². The van der Waals surface area contributed by atoms with Crippen molar-refractivity contribution in [1.29, 1.82) is 0 Å². The van der Waals surface area contributed by atoms with Gasteiger partial charge in [0.15, 0.2) is 0 Å². The molecule has 3 heterocycles. The van der Waals surface area contributed by atoms with Gasteiger partial charge in [-0.2, -0.15) is 0 Å². The number of benzene rings is 1. The van der Waals surface area contributed by atoms with E-state index in [1.54, 1.807) is 6.07 Å². The fourth-order valence-electron chi connectivity index (χ4n) is 3.83. The van der Waals surface area contributed by atoms with Gasteiger partial charge in [0.1, 0.15) is 0 Å². The van der Waals surface area contributed by atoms with Crippen LogP contribution < -0.4 is 4.90 Å². The molecule has 0 aliphatic carbocycles. The summed E-state index contributed by atoms with van der Waals surface area (Å²) >= 11 is 6.00. The number of halogens is 1. The monoisotopic (exact) mass is 347 g/mol. The fourth-order valence-corrected chi connectivity index (χ4v) is 4.02. The predicted molar refractivity (Wildman–Crippen MR) is 84.7 cm³/mol. The van der Waals surface area contributed by atoms with E-state index in [0.29, 0.717) is 5.69 Å². The highest BCUT2D eigenvalue weighted by Crippen LogP contribution is 2.52. The minimum Gasteiger partial charge on any atom is -0.465 e. The van der Waals surface area contributed by atoms with E-state index in [9.17, 15) is 14.4 Å². The summed E-state index contributed by atoms with van der Waals surface area (Å²) in [6, 6.07) is 4.43. The lowest BCUT2D eigenvalue weighted by Crippen LogP contribution is -2.38. The van der Waals surface area contributed by atoms with E-state index in [1.807, 2.05) is 19.1 Å². The third-order valence-corrected chi connectivity index (χ3v) is 5.27. The zero-order chi connectivity index (χ0) is 17.2. The van der Waals surface area contributed by atoms with Crippen LogP contribution in [0.3, 0.4) is 0 Å². The first-order valence-electron chi connectivity index (χ1n) is 7.50. The number of ether oxygens (including phenoxy) is 2. The van der Waals surface area contributed by atoms with Crippen molar-refractivity contribution in [2.45, 2.75) is 18.6 Å². The second-order valence-corrected chi connectivity index (χ2v) is 6.70. The summed E-state index contributed by atoms with van der Waals surface area (Å²) < 4.78 is 10.5. The molecule has 0 radical (unpaired) electrons. The highest BCUT2D eigenvalue weighted by molar-refractivity contribution is 6.34. The SMILES string of the molecule is COC(=O)c1cc(N2C(=O)C3C4C=CC(C)(O4)C3C2=O)ccc1Cl. The molecule has 124 valence electrons. The lowest BCUT2D eigenvalue weighted by molar-refractivity contribution is -0.126. The standard InChI is InChI=1S/C17H14ClNO5/c1-17-6-5-11(24-17)12-13(17)15(21)19(14(12)20)8-3-4-10(18)9(7-8)16(22)23-2/h3-7,11-13H,1-2H3. The number of carbonyl (C=O) groups excluding carboxylic acids is 3. The molecular formula is C17H14ClNO5. The summed E-state index contributed by atoms with van der Waals surface area (Å²) in [5.41, 5.74) is -0.334. The second kappa shape index (κ2) is 4.91. The Hall–Kier alpha value is -2.18. The van der Waals surface area contributed by atoms with Gasteiger partial charge in [0.25, 0.3) is 0 Å². The highest BCUT2D eigenvalue weighted by Gasteiger charge is 2.66. The quantitative estimate of drug-likeness (QED) is 0.464. The minimum absolute atomic E-state index is 0.109. The van der Waals surface area contributed by atoms with Crippen LogP contribution in [-0.2, 0) is 19.1 Å². The maximum atomic E-state index is 12.9. The fraction of sp³-hybridized carbons (Fsp3) is 0.353. The van der Waals surface area contributed by atoms with Crippen LogP contribution in [0.4, 0.5) is 5.69 Å². The van der Waals surface area contributed by atoms with E-state index < -0.39 is 23.4 Å². The zero-order valence-corrected chi connectivity index (χ0v) is 13.7. The molecule has 2 amide bonds. The highest BCUT2D eigenvalue weighted by atomic mass is 35.5. The topological polar surface area (TPSA) is 72.9 Å². The van der Waals surface area contributed by atoms with E-state index >= 15 is 0 Å². The van der Waals surface area contributed by atoms with E-state index in [4.69, 9.17) is 16.3 Å². The first kappa shape index (κ1) is 15.4. The number of hydrogen-bond acceptors (Lipinski definition) is 5. The molecule has 3 aliphatic heterocycles. The molecule has 4 rings (SSSR count). The molecule has 3 aliphatic rings. The summed E-state index contributed by atoms with van der Waals surface area (Å²) in [4.78, 5) is 38.6. The van der Waals surface area contributed by atoms with Gasteiger partial charge in [-0.25, -0.2) is 9.69 Å². The van der Waals surface area contributed by atoms with E-state index in [0.717, 1.165) is 4.90 Å². The Morgan fingerprint density at radius 3 is 2.75 bits per heavy atom. The molecule has 6 nitrogen and oxygen atoms in total. The van der Waals surface area contributed by atoms with Gasteiger partial charge >= 0.3 is 5.97 Å². The molecule has 1 aromatic rings. The lowest BCUT2D eigenvalue weighted by atomic mass is 9.78. The van der Waals surface area contributed by atoms with Crippen LogP contribution in [0.15, 0.2) is 30.4 Å². The van der Waals surface area contributed by atoms with Gasteiger partial charge in [-0.3, -0.25) is 9.59 Å². The molecule has 0 N–H and O–H groups in total. The van der Waals surface area contributed by atoms with E-state index in [1.165, 1.54) is 19.2 Å². The van der Waals surface area contributed by atoms with Gasteiger partial charge in [-0.1, -0.05) is 23.8 Å². The van der Waals surface area contributed by atoms with Crippen LogP contribution in [0.2, 0.25) is 5.02 Å². The van der Waals surface area contributed by atoms with E-state index in [-0.39, 0.29) is 28.5 Å². The minimum atomic E-state index is -0.756. The Kier molecular flexibility index (Phi) is 3.14. The Morgan fingerprint density at radius 2 is 2.08 bits per heavy atom. The summed E-state index contributed by atoms with van der Waals surface area (Å²) in [7, 11) is 1.24. The number of hydrogen-bond donors (Lipinski definition) is 0. The number of esters is 1. The van der Waals surface area contributed by atoms with Crippen molar-refractivity contribution < 1.29 is 23.9 Å². The van der Waals surface area contributed by atoms with Crippen molar-refractivity contribution in [1.82, 2.24) is 0 Å². The third-order valence-electron chi connectivity index (χ3n) is 4.94. The average molecular weight is 348 g/mol. The Balaban J connectivity index is 1.76. The molecule has 0 saturated carbocycles. The smallest absolute Gasteiger partial charge is 0.339 e. The maximum absolute atomic E-state index is 12.9. The number of methoxy groups -OCH3 is 1. The molecule has 2 bridgehead atoms. The van der Waals surface area contributed by atoms with Crippen molar-refractivity contribution in [3.05, 3.63) is 40.9 Å². The Morgan fingerprint density at radius 1 is 1.33 bits per heavy atom. The third kappa shape index (κ3) is 1.84. The molecule has 4 unspecified atom stereocenters. The normalized spacial score (nSPS) is 33.3. The van der Waals surface area contributed by atoms with Gasteiger partial charge in [0, 0.05) is 0 Å². The van der Waals surface area contributed by atoms with Gasteiger partial charge in [-0.15, -0.1) is 0 Å². The number of nitrogens with zero attached hydrogens (tertiary/aromatic N) is 1. The van der Waals surface area contributed by atoms with Crippen molar-refractivity contribution in [3.8, 4) is 0 Å². The number of carbonyl (C=O) groups is 3. The van der Waals surface area contributed by atoms with Crippen molar-refractivity contribution in [2.24, 2.45) is 11.8 Å². The van der Waals surface area contributed by atoms with Crippen LogP contribution in [0, 0.1) is 11.8 Å². The number of imide groups is 1. The summed E-state index contributed by atoms with van der Waals surface area (Å²) in [5.74, 6) is -2.33. The van der Waals surface area contributed by atoms with E-state index in [2.05, 4.69) is 4.74 Å². The largest absolute Gasteiger partial charge is 0.465 e. The number of rotatable bonds is 2. The summed E-state index contributed by atoms with van der Waals surface area (Å²) in [5, 5.41) is 0.196. The van der Waals surface area contributed by atoms with Gasteiger partial charge in [-0.05, 0) is 25.1 Å². The van der Waals surface area contributed by atoms with Crippen LogP contribution in [0.5, 0.6) is 0 Å². The lowest BCUT2D eigenvalue weighted by Gasteiger charge is -2.24. The first-order chi connectivity index (χ1) is 11.4. The number of fused-ring (bicyclic) bond motifs is 5. The first-order valence-corrected chi connectivity index (χ1v) is 7.88. The summed E-state index contributed by atoms with van der Waals surface area (Å²) in [6.07, 6.45) is 3.29. The van der Waals surface area contributed by atoms with Crippen molar-refractivity contribution >= 4 is 35.1 Å². The molecular weight excluding hydrogens is 334 g/mol. The molecule has 7 heteroatoms. The average Bonchev–Trinajstić information content (AvgIpc) is 3.16. The molecule has 4 atom stereocenters.